The van der Waals surface area contributed by atoms with Crippen molar-refractivity contribution in [3.8, 4) is 0 Å². The summed E-state index contributed by atoms with van der Waals surface area (Å²) in [5, 5.41) is 6.76. The van der Waals surface area contributed by atoms with E-state index in [0.717, 1.165) is 16.5 Å². The highest BCUT2D eigenvalue weighted by Gasteiger charge is 2.17. The lowest BCUT2D eigenvalue weighted by atomic mass is 10.1. The van der Waals surface area contributed by atoms with Crippen LogP contribution >= 0.6 is 0 Å². The molecule has 0 radical (unpaired) electrons. The Morgan fingerprint density at radius 1 is 0.968 bits per heavy atom. The number of hydrogen-bond donors (Lipinski definition) is 2. The first-order valence-electron chi connectivity index (χ1n) is 10.7. The van der Waals surface area contributed by atoms with Crippen molar-refractivity contribution >= 4 is 28.4 Å². The summed E-state index contributed by atoms with van der Waals surface area (Å²) in [6, 6.07) is 13.7. The summed E-state index contributed by atoms with van der Waals surface area (Å²) in [5.74, 6) is 0.128. The van der Waals surface area contributed by atoms with Gasteiger partial charge in [-0.1, -0.05) is 39.8 Å². The quantitative estimate of drug-likeness (QED) is 0.523. The minimum absolute atomic E-state index is 0.0324. The minimum Gasteiger partial charge on any atom is -0.351 e. The fourth-order valence-corrected chi connectivity index (χ4v) is 3.45. The van der Waals surface area contributed by atoms with Crippen LogP contribution in [-0.2, 0) is 11.3 Å². The van der Waals surface area contributed by atoms with Crippen molar-refractivity contribution in [2.75, 3.05) is 11.9 Å². The van der Waals surface area contributed by atoms with Gasteiger partial charge in [0.05, 0.1) is 0 Å². The normalized spacial score (nSPS) is 11.3. The van der Waals surface area contributed by atoms with Crippen LogP contribution in [0.4, 0.5) is 10.1 Å². The summed E-state index contributed by atoms with van der Waals surface area (Å²) in [4.78, 5) is 25.1. The van der Waals surface area contributed by atoms with E-state index in [1.165, 1.54) is 12.1 Å². The summed E-state index contributed by atoms with van der Waals surface area (Å²) in [6.07, 6.45) is 0.451. The third kappa shape index (κ3) is 5.94. The van der Waals surface area contributed by atoms with E-state index in [-0.39, 0.29) is 23.5 Å². The number of carbonyl (C=O) groups is 2. The Hall–Kier alpha value is -3.15. The third-order valence-electron chi connectivity index (χ3n) is 4.94. The second-order valence-corrected chi connectivity index (χ2v) is 8.77. The maximum atomic E-state index is 13.3. The fraction of sp³-hybridized carbons (Fsp3) is 0.360. The number of benzene rings is 2. The van der Waals surface area contributed by atoms with Crippen LogP contribution < -0.4 is 10.6 Å². The zero-order valence-electron chi connectivity index (χ0n) is 18.5. The van der Waals surface area contributed by atoms with Gasteiger partial charge in [-0.05, 0) is 53.8 Å². The summed E-state index contributed by atoms with van der Waals surface area (Å²) in [5.41, 5.74) is 3.00. The molecule has 5 nitrogen and oxygen atoms in total. The van der Waals surface area contributed by atoms with Crippen LogP contribution in [0.3, 0.4) is 0 Å². The van der Waals surface area contributed by atoms with Gasteiger partial charge in [-0.15, -0.1) is 0 Å². The smallest absolute Gasteiger partial charge is 0.267 e. The van der Waals surface area contributed by atoms with Gasteiger partial charge < -0.3 is 15.2 Å². The molecule has 0 saturated carbocycles. The van der Waals surface area contributed by atoms with Gasteiger partial charge >= 0.3 is 0 Å². The van der Waals surface area contributed by atoms with Crippen molar-refractivity contribution in [2.24, 2.45) is 11.8 Å². The Labute approximate surface area is 182 Å². The predicted octanol–water partition coefficient (Wildman–Crippen LogP) is 5.20. The lowest BCUT2D eigenvalue weighted by Gasteiger charge is -2.13. The maximum Gasteiger partial charge on any atom is 0.267 e. The summed E-state index contributed by atoms with van der Waals surface area (Å²) < 4.78 is 15.3. The summed E-state index contributed by atoms with van der Waals surface area (Å²) in [6.45, 7) is 9.10. The van der Waals surface area contributed by atoms with Crippen LogP contribution in [0.5, 0.6) is 0 Å². The Bertz CT molecular complexity index is 1070. The average molecular weight is 424 g/mol. The van der Waals surface area contributed by atoms with Crippen molar-refractivity contribution in [1.82, 2.24) is 9.88 Å². The third-order valence-corrected chi connectivity index (χ3v) is 4.94. The Morgan fingerprint density at radius 2 is 1.68 bits per heavy atom. The monoisotopic (exact) mass is 423 g/mol. The molecule has 2 amide bonds. The molecule has 0 atom stereocenters. The SMILES string of the molecule is CC(C)CNC(=O)c1cc2cc(NC(=O)CC(C)C)ccc2n1Cc1ccc(F)cc1. The average Bonchev–Trinajstić information content (AvgIpc) is 3.04. The summed E-state index contributed by atoms with van der Waals surface area (Å²) >= 11 is 0. The van der Waals surface area contributed by atoms with E-state index >= 15 is 0 Å². The van der Waals surface area contributed by atoms with Gasteiger partial charge in [0.25, 0.3) is 5.91 Å². The Kier molecular flexibility index (Phi) is 7.10. The van der Waals surface area contributed by atoms with E-state index in [2.05, 4.69) is 10.6 Å². The van der Waals surface area contributed by atoms with E-state index in [9.17, 15) is 14.0 Å². The standard InChI is InChI=1S/C25H30FN3O2/c1-16(2)11-24(30)28-21-9-10-22-19(12-21)13-23(25(31)27-14-17(3)4)29(22)15-18-5-7-20(26)8-6-18/h5-10,12-13,16-17H,11,14-15H2,1-4H3,(H,27,31)(H,28,30). The molecule has 2 aromatic carbocycles. The fourth-order valence-electron chi connectivity index (χ4n) is 3.45. The molecule has 0 fully saturated rings. The topological polar surface area (TPSA) is 63.1 Å². The van der Waals surface area contributed by atoms with E-state index in [1.54, 1.807) is 12.1 Å². The van der Waals surface area contributed by atoms with E-state index in [0.29, 0.717) is 36.8 Å². The van der Waals surface area contributed by atoms with Gasteiger partial charge in [-0.25, -0.2) is 4.39 Å². The highest BCUT2D eigenvalue weighted by molar-refractivity contribution is 6.00. The highest BCUT2D eigenvalue weighted by Crippen LogP contribution is 2.25. The van der Waals surface area contributed by atoms with Crippen molar-refractivity contribution in [1.29, 1.82) is 0 Å². The molecule has 1 heterocycles. The first-order valence-corrected chi connectivity index (χ1v) is 10.7. The number of rotatable bonds is 8. The van der Waals surface area contributed by atoms with Crippen molar-refractivity contribution in [3.05, 3.63) is 65.6 Å². The molecule has 3 aromatic rings. The molecule has 1 aromatic heterocycles. The Morgan fingerprint density at radius 3 is 2.32 bits per heavy atom. The van der Waals surface area contributed by atoms with Crippen LogP contribution in [-0.4, -0.2) is 22.9 Å². The lowest BCUT2D eigenvalue weighted by Crippen LogP contribution is -2.29. The molecule has 0 aliphatic heterocycles. The number of anilines is 1. The minimum atomic E-state index is -0.294. The largest absolute Gasteiger partial charge is 0.351 e. The highest BCUT2D eigenvalue weighted by atomic mass is 19.1. The van der Waals surface area contributed by atoms with Gasteiger partial charge in [-0.3, -0.25) is 9.59 Å². The first kappa shape index (κ1) is 22.5. The predicted molar refractivity (Wildman–Crippen MR) is 123 cm³/mol. The number of nitrogens with zero attached hydrogens (tertiary/aromatic N) is 1. The number of halogens is 1. The van der Waals surface area contributed by atoms with Crippen LogP contribution in [0.25, 0.3) is 10.9 Å². The Balaban J connectivity index is 1.96. The van der Waals surface area contributed by atoms with E-state index in [4.69, 9.17) is 0 Å². The number of amides is 2. The van der Waals surface area contributed by atoms with E-state index < -0.39 is 0 Å². The molecule has 0 saturated heterocycles. The molecule has 3 rings (SSSR count). The lowest BCUT2D eigenvalue weighted by molar-refractivity contribution is -0.116. The van der Waals surface area contributed by atoms with Crippen molar-refractivity contribution < 1.29 is 14.0 Å². The molecule has 2 N–H and O–H groups in total. The number of fused-ring (bicyclic) bond motifs is 1. The number of hydrogen-bond acceptors (Lipinski definition) is 2. The van der Waals surface area contributed by atoms with Crippen LogP contribution in [0, 0.1) is 17.7 Å². The second-order valence-electron chi connectivity index (χ2n) is 8.77. The molecule has 0 unspecified atom stereocenters. The molecule has 0 bridgehead atoms. The van der Waals surface area contributed by atoms with Crippen LogP contribution in [0.1, 0.15) is 50.2 Å². The van der Waals surface area contributed by atoms with Gasteiger partial charge in [0.15, 0.2) is 0 Å². The number of carbonyl (C=O) groups excluding carboxylic acids is 2. The number of aromatic nitrogens is 1. The van der Waals surface area contributed by atoms with Crippen LogP contribution in [0.15, 0.2) is 48.5 Å². The van der Waals surface area contributed by atoms with Gasteiger partial charge in [0.1, 0.15) is 11.5 Å². The molecule has 6 heteroatoms. The van der Waals surface area contributed by atoms with Crippen molar-refractivity contribution in [3.63, 3.8) is 0 Å². The second kappa shape index (κ2) is 9.77. The molecular formula is C25H30FN3O2. The first-order chi connectivity index (χ1) is 14.7. The van der Waals surface area contributed by atoms with E-state index in [1.807, 2.05) is 56.5 Å². The molecule has 0 spiro atoms. The summed E-state index contributed by atoms with van der Waals surface area (Å²) in [7, 11) is 0. The molecular weight excluding hydrogens is 393 g/mol. The molecule has 0 aliphatic rings. The zero-order valence-corrected chi connectivity index (χ0v) is 18.5. The molecule has 0 aliphatic carbocycles. The van der Waals surface area contributed by atoms with Gasteiger partial charge in [-0.2, -0.15) is 0 Å². The van der Waals surface area contributed by atoms with Gasteiger partial charge in [0.2, 0.25) is 5.91 Å². The molecule has 164 valence electrons. The van der Waals surface area contributed by atoms with Gasteiger partial charge in [0, 0.05) is 36.1 Å². The number of nitrogens with one attached hydrogen (secondary N) is 2. The maximum absolute atomic E-state index is 13.3. The molecule has 31 heavy (non-hydrogen) atoms. The zero-order chi connectivity index (χ0) is 22.5. The van der Waals surface area contributed by atoms with Crippen LogP contribution in [0.2, 0.25) is 0 Å². The van der Waals surface area contributed by atoms with Crippen molar-refractivity contribution in [2.45, 2.75) is 40.7 Å².